The second kappa shape index (κ2) is 4.73. The number of nitrogens with one attached hydrogen (secondary N) is 1. The predicted octanol–water partition coefficient (Wildman–Crippen LogP) is -0.480. The molecule has 2 aliphatic heterocycles. The predicted molar refractivity (Wildman–Crippen MR) is 67.5 cm³/mol. The fraction of sp³-hybridized carbons (Fsp3) is 1.00. The molecule has 2 saturated heterocycles. The van der Waals surface area contributed by atoms with Crippen molar-refractivity contribution < 1.29 is 21.0 Å². The van der Waals surface area contributed by atoms with E-state index in [1.807, 2.05) is 0 Å². The third-order valence-corrected chi connectivity index (χ3v) is 7.52. The molecule has 2 rings (SSSR count). The Balaban J connectivity index is 2.23. The van der Waals surface area contributed by atoms with Crippen LogP contribution < -0.4 is 5.32 Å². The monoisotopic (exact) mass is 297 g/mol. The quantitative estimate of drug-likeness (QED) is 0.708. The summed E-state index contributed by atoms with van der Waals surface area (Å²) >= 11 is 0. The van der Waals surface area contributed by atoms with E-state index in [2.05, 4.69) is 5.32 Å². The first-order chi connectivity index (χ1) is 8.31. The molecule has 106 valence electrons. The Morgan fingerprint density at radius 3 is 2.50 bits per heavy atom. The lowest BCUT2D eigenvalue weighted by molar-refractivity contribution is 0.261. The van der Waals surface area contributed by atoms with Crippen LogP contribution in [0.15, 0.2) is 0 Å². The van der Waals surface area contributed by atoms with Crippen molar-refractivity contribution in [3.8, 4) is 0 Å². The van der Waals surface area contributed by atoms with Crippen LogP contribution in [0.5, 0.6) is 0 Å². The van der Waals surface area contributed by atoms with Gasteiger partial charge in [-0.2, -0.15) is 8.42 Å². The first-order valence-electron chi connectivity index (χ1n) is 6.11. The first kappa shape index (κ1) is 14.2. The van der Waals surface area contributed by atoms with Crippen molar-refractivity contribution in [1.29, 1.82) is 0 Å². The largest absolute Gasteiger partial charge is 0.315 e. The minimum atomic E-state index is -3.61. The molecule has 1 spiro atoms. The molecule has 2 aliphatic rings. The fourth-order valence-electron chi connectivity index (χ4n) is 2.88. The minimum Gasteiger partial charge on any atom is -0.315 e. The highest BCUT2D eigenvalue weighted by molar-refractivity contribution is 7.91. The Morgan fingerprint density at radius 1 is 1.33 bits per heavy atom. The summed E-state index contributed by atoms with van der Waals surface area (Å²) in [4.78, 5) is 0. The molecule has 1 atom stereocenters. The Hall–Kier alpha value is -0.180. The maximum atomic E-state index is 12.1. The molecule has 0 aromatic carbocycles. The van der Waals surface area contributed by atoms with E-state index < -0.39 is 30.6 Å². The summed E-state index contributed by atoms with van der Waals surface area (Å²) in [6, 6.07) is 0. The SMILES string of the molecule is CCOS(=O)(=O)C1CNCC12CCS(=O)(=O)CC2. The van der Waals surface area contributed by atoms with Crippen molar-refractivity contribution in [3.63, 3.8) is 0 Å². The maximum absolute atomic E-state index is 12.1. The van der Waals surface area contributed by atoms with E-state index in [9.17, 15) is 16.8 Å². The summed E-state index contributed by atoms with van der Waals surface area (Å²) in [6.07, 6.45) is 0.804. The van der Waals surface area contributed by atoms with E-state index in [-0.39, 0.29) is 18.1 Å². The van der Waals surface area contributed by atoms with Crippen molar-refractivity contribution in [2.24, 2.45) is 5.41 Å². The van der Waals surface area contributed by atoms with Crippen molar-refractivity contribution in [2.75, 3.05) is 31.2 Å². The van der Waals surface area contributed by atoms with E-state index in [0.717, 1.165) is 0 Å². The van der Waals surface area contributed by atoms with E-state index in [4.69, 9.17) is 4.18 Å². The molecule has 2 fully saturated rings. The van der Waals surface area contributed by atoms with Crippen LogP contribution in [0.2, 0.25) is 0 Å². The molecule has 0 aliphatic carbocycles. The fourth-order valence-corrected chi connectivity index (χ4v) is 6.27. The Morgan fingerprint density at radius 2 is 1.94 bits per heavy atom. The van der Waals surface area contributed by atoms with Gasteiger partial charge in [-0.3, -0.25) is 4.18 Å². The summed E-state index contributed by atoms with van der Waals surface area (Å²) in [7, 11) is -6.60. The lowest BCUT2D eigenvalue weighted by atomic mass is 9.81. The van der Waals surface area contributed by atoms with Crippen molar-refractivity contribution in [1.82, 2.24) is 5.32 Å². The van der Waals surface area contributed by atoms with Gasteiger partial charge in [0.25, 0.3) is 10.1 Å². The Kier molecular flexibility index (Phi) is 3.74. The van der Waals surface area contributed by atoms with Gasteiger partial charge in [-0.25, -0.2) is 8.42 Å². The van der Waals surface area contributed by atoms with Crippen LogP contribution in [0.3, 0.4) is 0 Å². The zero-order valence-electron chi connectivity index (χ0n) is 10.4. The van der Waals surface area contributed by atoms with Crippen LogP contribution in [0.4, 0.5) is 0 Å². The van der Waals surface area contributed by atoms with Gasteiger partial charge in [-0.15, -0.1) is 0 Å². The van der Waals surface area contributed by atoms with E-state index in [1.54, 1.807) is 6.92 Å². The molecular weight excluding hydrogens is 278 g/mol. The topological polar surface area (TPSA) is 89.5 Å². The number of sulfone groups is 1. The van der Waals surface area contributed by atoms with Gasteiger partial charge in [-0.05, 0) is 19.8 Å². The summed E-state index contributed by atoms with van der Waals surface area (Å²) in [5, 5.41) is 2.45. The smallest absolute Gasteiger partial charge is 0.272 e. The number of hydrogen-bond acceptors (Lipinski definition) is 6. The second-order valence-corrected chi connectivity index (χ2v) is 9.13. The highest BCUT2D eigenvalue weighted by Crippen LogP contribution is 2.41. The van der Waals surface area contributed by atoms with Gasteiger partial charge in [-0.1, -0.05) is 0 Å². The highest BCUT2D eigenvalue weighted by Gasteiger charge is 2.52. The van der Waals surface area contributed by atoms with Crippen molar-refractivity contribution in [3.05, 3.63) is 0 Å². The van der Waals surface area contributed by atoms with E-state index >= 15 is 0 Å². The lowest BCUT2D eigenvalue weighted by Crippen LogP contribution is -2.46. The Labute approximate surface area is 108 Å². The second-order valence-electron chi connectivity index (χ2n) is 5.03. The summed E-state index contributed by atoms with van der Waals surface area (Å²) < 4.78 is 51.9. The molecule has 18 heavy (non-hydrogen) atoms. The Bertz CT molecular complexity index is 496. The summed E-state index contributed by atoms with van der Waals surface area (Å²) in [5.41, 5.74) is -0.473. The van der Waals surface area contributed by atoms with Crippen LogP contribution in [-0.2, 0) is 24.1 Å². The summed E-state index contributed by atoms with van der Waals surface area (Å²) in [5.74, 6) is 0.152. The van der Waals surface area contributed by atoms with Gasteiger partial charge in [0, 0.05) is 18.5 Å². The molecule has 0 aromatic rings. The molecule has 2 heterocycles. The average molecular weight is 297 g/mol. The molecule has 0 aromatic heterocycles. The van der Waals surface area contributed by atoms with Gasteiger partial charge < -0.3 is 5.32 Å². The number of rotatable bonds is 3. The molecule has 0 saturated carbocycles. The van der Waals surface area contributed by atoms with Gasteiger partial charge in [0.1, 0.15) is 15.1 Å². The number of hydrogen-bond donors (Lipinski definition) is 1. The molecular formula is C10H19NO5S2. The van der Waals surface area contributed by atoms with Gasteiger partial charge >= 0.3 is 0 Å². The van der Waals surface area contributed by atoms with Crippen LogP contribution in [0, 0.1) is 5.41 Å². The molecule has 0 radical (unpaired) electrons. The minimum absolute atomic E-state index is 0.0762. The summed E-state index contributed by atoms with van der Waals surface area (Å²) in [6.45, 7) is 2.66. The van der Waals surface area contributed by atoms with Gasteiger partial charge in [0.15, 0.2) is 0 Å². The maximum Gasteiger partial charge on any atom is 0.272 e. The van der Waals surface area contributed by atoms with Crippen LogP contribution in [-0.4, -0.2) is 53.3 Å². The molecule has 0 amide bonds. The van der Waals surface area contributed by atoms with E-state index in [1.165, 1.54) is 0 Å². The molecule has 6 nitrogen and oxygen atoms in total. The van der Waals surface area contributed by atoms with E-state index in [0.29, 0.717) is 25.9 Å². The zero-order valence-corrected chi connectivity index (χ0v) is 12.0. The van der Waals surface area contributed by atoms with Crippen LogP contribution in [0.1, 0.15) is 19.8 Å². The normalized spacial score (nSPS) is 30.6. The third-order valence-electron chi connectivity index (χ3n) is 3.94. The average Bonchev–Trinajstić information content (AvgIpc) is 2.68. The van der Waals surface area contributed by atoms with Crippen LogP contribution >= 0.6 is 0 Å². The molecule has 8 heteroatoms. The van der Waals surface area contributed by atoms with Crippen molar-refractivity contribution >= 4 is 20.0 Å². The zero-order chi connectivity index (χ0) is 13.4. The van der Waals surface area contributed by atoms with Gasteiger partial charge in [0.05, 0.1) is 18.1 Å². The molecule has 0 bridgehead atoms. The standard InChI is InChI=1S/C10H19NO5S2/c1-2-16-18(14,15)9-7-11-8-10(9)3-5-17(12,13)6-4-10/h9,11H,2-8H2,1H3. The highest BCUT2D eigenvalue weighted by atomic mass is 32.2. The van der Waals surface area contributed by atoms with Crippen LogP contribution in [0.25, 0.3) is 0 Å². The third kappa shape index (κ3) is 2.56. The first-order valence-corrected chi connectivity index (χ1v) is 9.40. The lowest BCUT2D eigenvalue weighted by Gasteiger charge is -2.36. The molecule has 1 N–H and O–H groups in total. The van der Waals surface area contributed by atoms with Crippen molar-refractivity contribution in [2.45, 2.75) is 25.0 Å². The van der Waals surface area contributed by atoms with Gasteiger partial charge in [0.2, 0.25) is 0 Å². The molecule has 1 unspecified atom stereocenters.